The largest absolute Gasteiger partial charge is 0.460 e. The van der Waals surface area contributed by atoms with E-state index in [2.05, 4.69) is 87.5 Å². The van der Waals surface area contributed by atoms with Crippen LogP contribution in [0.5, 0.6) is 0 Å². The molecular weight excluding hydrogens is 304 g/mol. The van der Waals surface area contributed by atoms with Crippen molar-refractivity contribution in [2.24, 2.45) is 0 Å². The lowest BCUT2D eigenvalue weighted by Gasteiger charge is -2.07. The topological polar surface area (TPSA) is 13.1 Å². The number of rotatable bonds is 3. The fraction of sp³-hybridized carbons (Fsp3) is 0.167. The molecule has 4 aromatic rings. The van der Waals surface area contributed by atoms with Crippen molar-refractivity contribution in [3.8, 4) is 11.1 Å². The second kappa shape index (κ2) is 6.25. The second-order valence-electron chi connectivity index (χ2n) is 6.77. The number of benzene rings is 3. The Balaban J connectivity index is 2.01. The zero-order valence-electron chi connectivity index (χ0n) is 15.0. The number of furan rings is 1. The van der Waals surface area contributed by atoms with E-state index in [0.29, 0.717) is 0 Å². The number of hydrogen-bond donors (Lipinski definition) is 0. The van der Waals surface area contributed by atoms with Gasteiger partial charge in [-0.05, 0) is 48.6 Å². The van der Waals surface area contributed by atoms with Gasteiger partial charge in [0, 0.05) is 17.4 Å². The molecule has 0 aliphatic rings. The minimum atomic E-state index is 0.803. The minimum Gasteiger partial charge on any atom is -0.460 e. The summed E-state index contributed by atoms with van der Waals surface area (Å²) >= 11 is 0. The van der Waals surface area contributed by atoms with E-state index in [1.807, 2.05) is 0 Å². The van der Waals surface area contributed by atoms with Crippen LogP contribution < -0.4 is 0 Å². The van der Waals surface area contributed by atoms with E-state index in [4.69, 9.17) is 4.42 Å². The van der Waals surface area contributed by atoms with E-state index in [-0.39, 0.29) is 0 Å². The fourth-order valence-electron chi connectivity index (χ4n) is 3.62. The van der Waals surface area contributed by atoms with E-state index in [0.717, 1.165) is 17.8 Å². The Bertz CT molecular complexity index is 1020. The summed E-state index contributed by atoms with van der Waals surface area (Å²) in [7, 11) is 0. The van der Waals surface area contributed by atoms with Gasteiger partial charge < -0.3 is 4.42 Å². The molecule has 0 amide bonds. The third-order valence-electron chi connectivity index (χ3n) is 5.01. The van der Waals surface area contributed by atoms with Gasteiger partial charge in [-0.25, -0.2) is 0 Å². The molecule has 25 heavy (non-hydrogen) atoms. The Morgan fingerprint density at radius 3 is 2.08 bits per heavy atom. The Kier molecular flexibility index (Phi) is 3.93. The standard InChI is InChI=1S/C24H22O/c1-16-14-17(2)22-23(20-12-8-5-9-13-20)21(25-24(22)18(16)3)15-19-10-6-4-7-11-19/h4-14H,15H2,1-3H3. The van der Waals surface area contributed by atoms with Crippen molar-refractivity contribution in [2.75, 3.05) is 0 Å². The van der Waals surface area contributed by atoms with E-state index < -0.39 is 0 Å². The summed E-state index contributed by atoms with van der Waals surface area (Å²) in [5, 5.41) is 1.25. The quantitative estimate of drug-likeness (QED) is 0.412. The lowest BCUT2D eigenvalue weighted by atomic mass is 9.94. The molecule has 0 aliphatic heterocycles. The molecule has 4 rings (SSSR count). The van der Waals surface area contributed by atoms with Gasteiger partial charge in [0.15, 0.2) is 0 Å². The van der Waals surface area contributed by atoms with Gasteiger partial charge in [-0.3, -0.25) is 0 Å². The number of aryl methyl sites for hydroxylation is 3. The predicted molar refractivity (Wildman–Crippen MR) is 105 cm³/mol. The molecular formula is C24H22O. The lowest BCUT2D eigenvalue weighted by Crippen LogP contribution is -1.89. The Morgan fingerprint density at radius 1 is 0.760 bits per heavy atom. The first-order chi connectivity index (χ1) is 12.1. The highest BCUT2D eigenvalue weighted by Crippen LogP contribution is 2.40. The Labute approximate surface area is 148 Å². The molecule has 1 aromatic heterocycles. The van der Waals surface area contributed by atoms with Gasteiger partial charge in [0.1, 0.15) is 11.3 Å². The van der Waals surface area contributed by atoms with Crippen molar-refractivity contribution in [3.63, 3.8) is 0 Å². The molecule has 3 aromatic carbocycles. The molecule has 124 valence electrons. The second-order valence-corrected chi connectivity index (χ2v) is 6.77. The summed E-state index contributed by atoms with van der Waals surface area (Å²) in [4.78, 5) is 0. The molecule has 0 fully saturated rings. The summed E-state index contributed by atoms with van der Waals surface area (Å²) in [6, 6.07) is 23.4. The smallest absolute Gasteiger partial charge is 0.138 e. The summed E-state index contributed by atoms with van der Waals surface area (Å²) in [6.45, 7) is 6.49. The first-order valence-electron chi connectivity index (χ1n) is 8.76. The normalized spacial score (nSPS) is 11.2. The van der Waals surface area contributed by atoms with Gasteiger partial charge >= 0.3 is 0 Å². The van der Waals surface area contributed by atoms with Crippen molar-refractivity contribution < 1.29 is 4.42 Å². The predicted octanol–water partition coefficient (Wildman–Crippen LogP) is 6.62. The van der Waals surface area contributed by atoms with Crippen molar-refractivity contribution in [1.29, 1.82) is 0 Å². The SMILES string of the molecule is Cc1cc(C)c2c(-c3ccccc3)c(Cc3ccccc3)oc2c1C. The lowest BCUT2D eigenvalue weighted by molar-refractivity contribution is 0.562. The molecule has 1 heterocycles. The molecule has 0 spiro atoms. The first kappa shape index (κ1) is 15.7. The van der Waals surface area contributed by atoms with Crippen LogP contribution in [0, 0.1) is 20.8 Å². The molecule has 0 saturated carbocycles. The third-order valence-corrected chi connectivity index (χ3v) is 5.01. The van der Waals surface area contributed by atoms with Crippen LogP contribution in [0.25, 0.3) is 22.1 Å². The summed E-state index contributed by atoms with van der Waals surface area (Å²) < 4.78 is 6.45. The van der Waals surface area contributed by atoms with Crippen LogP contribution in [0.15, 0.2) is 71.1 Å². The van der Waals surface area contributed by atoms with Gasteiger partial charge in [0.25, 0.3) is 0 Å². The van der Waals surface area contributed by atoms with Crippen molar-refractivity contribution in [2.45, 2.75) is 27.2 Å². The fourth-order valence-corrected chi connectivity index (χ4v) is 3.62. The molecule has 0 saturated heterocycles. The van der Waals surface area contributed by atoms with Crippen LogP contribution >= 0.6 is 0 Å². The average molecular weight is 326 g/mol. The van der Waals surface area contributed by atoms with Crippen LogP contribution in [0.2, 0.25) is 0 Å². The van der Waals surface area contributed by atoms with Gasteiger partial charge in [-0.2, -0.15) is 0 Å². The van der Waals surface area contributed by atoms with Crippen molar-refractivity contribution in [3.05, 3.63) is 94.7 Å². The van der Waals surface area contributed by atoms with Gasteiger partial charge in [0.05, 0.1) is 0 Å². The monoisotopic (exact) mass is 326 g/mol. The van der Waals surface area contributed by atoms with Crippen molar-refractivity contribution >= 4 is 11.0 Å². The highest BCUT2D eigenvalue weighted by Gasteiger charge is 2.20. The van der Waals surface area contributed by atoms with Gasteiger partial charge in [-0.1, -0.05) is 66.7 Å². The van der Waals surface area contributed by atoms with Gasteiger partial charge in [-0.15, -0.1) is 0 Å². The van der Waals surface area contributed by atoms with Crippen LogP contribution in [0.1, 0.15) is 28.0 Å². The Hall–Kier alpha value is -2.80. The zero-order valence-corrected chi connectivity index (χ0v) is 15.0. The molecule has 0 unspecified atom stereocenters. The third kappa shape index (κ3) is 2.76. The van der Waals surface area contributed by atoms with Gasteiger partial charge in [0.2, 0.25) is 0 Å². The number of hydrogen-bond acceptors (Lipinski definition) is 1. The Morgan fingerprint density at radius 2 is 1.40 bits per heavy atom. The summed E-state index contributed by atoms with van der Waals surface area (Å²) in [6.07, 6.45) is 0.803. The maximum atomic E-state index is 6.45. The first-order valence-corrected chi connectivity index (χ1v) is 8.76. The molecule has 1 nitrogen and oxygen atoms in total. The maximum absolute atomic E-state index is 6.45. The number of fused-ring (bicyclic) bond motifs is 1. The van der Waals surface area contributed by atoms with E-state index >= 15 is 0 Å². The average Bonchev–Trinajstić information content (AvgIpc) is 3.01. The van der Waals surface area contributed by atoms with E-state index in [1.165, 1.54) is 38.8 Å². The van der Waals surface area contributed by atoms with E-state index in [9.17, 15) is 0 Å². The molecule has 0 N–H and O–H groups in total. The van der Waals surface area contributed by atoms with Crippen LogP contribution in [0.4, 0.5) is 0 Å². The zero-order chi connectivity index (χ0) is 17.4. The highest BCUT2D eigenvalue weighted by atomic mass is 16.3. The molecule has 0 atom stereocenters. The molecule has 1 heteroatoms. The van der Waals surface area contributed by atoms with Crippen LogP contribution in [0.3, 0.4) is 0 Å². The van der Waals surface area contributed by atoms with Crippen LogP contribution in [-0.4, -0.2) is 0 Å². The summed E-state index contributed by atoms with van der Waals surface area (Å²) in [5.41, 5.74) is 8.55. The minimum absolute atomic E-state index is 0.803. The summed E-state index contributed by atoms with van der Waals surface area (Å²) in [5.74, 6) is 1.05. The van der Waals surface area contributed by atoms with Crippen molar-refractivity contribution in [1.82, 2.24) is 0 Å². The maximum Gasteiger partial charge on any atom is 0.138 e. The van der Waals surface area contributed by atoms with Crippen LogP contribution in [-0.2, 0) is 6.42 Å². The highest BCUT2D eigenvalue weighted by molar-refractivity contribution is 6.00. The molecule has 0 aliphatic carbocycles. The molecule has 0 radical (unpaired) electrons. The molecule has 0 bridgehead atoms. The van der Waals surface area contributed by atoms with E-state index in [1.54, 1.807) is 0 Å².